The van der Waals surface area contributed by atoms with Crippen LogP contribution in [0.5, 0.6) is 0 Å². The molecule has 5 aliphatic rings. The van der Waals surface area contributed by atoms with Crippen LogP contribution >= 0.6 is 46.4 Å². The SMILES string of the molecule is C#CC1N=C(c2ccc(Cl)cc2)c2ccccc2-c2c(C)noc21.CC(=O)C[C@@H]1N=C(c2ccc(Cl)cc2)c2cc(-c3ccc(N)nc3)ccc2-c2c(C)noc21.CC(=O)C[C@@H]1N=C(c2ccc(Cl)cc2)c2cc(C)ccc2-c2c(C)noc21.CC(=O)C[C@@H]1N=C(c2ccc(F)cc2)c2cc(-c3ccc(N)nc3)ccc2-c2c(C)noc21.CCCNC(=O)C[C@@H]1N=C(c2ccc(Cl)cc2)c2ccccc2-c2c(C)noc21. The number of nitrogens with one attached hydrogen (secondary N) is 1. The van der Waals surface area contributed by atoms with Crippen molar-refractivity contribution in [1.82, 2.24) is 41.1 Å². The topological polar surface area (TPSA) is 350 Å². The molecule has 12 heterocycles. The van der Waals surface area contributed by atoms with Crippen LogP contribution in [-0.4, -0.2) is 94.1 Å². The van der Waals surface area contributed by atoms with E-state index in [0.717, 1.165) is 197 Å². The Morgan fingerprint density at radius 3 is 0.952 bits per heavy atom. The highest BCUT2D eigenvalue weighted by Crippen LogP contribution is 2.49. The van der Waals surface area contributed by atoms with Crippen LogP contribution in [0.3, 0.4) is 0 Å². The number of nitrogens with two attached hydrogens (primary N) is 2. The fourth-order valence-corrected chi connectivity index (χ4v) is 19.1. The molecule has 0 spiro atoms. The number of nitrogens with zero attached hydrogens (tertiary/aromatic N) is 12. The van der Waals surface area contributed by atoms with Crippen LogP contribution in [0.2, 0.25) is 20.1 Å². The third kappa shape index (κ3) is 21.3. The highest BCUT2D eigenvalue weighted by atomic mass is 35.5. The number of fused-ring (bicyclic) bond motifs is 15. The van der Waals surface area contributed by atoms with Gasteiger partial charge in [0.1, 0.15) is 59.0 Å². The predicted molar refractivity (Wildman–Crippen MR) is 570 cm³/mol. The molecule has 24 nitrogen and oxygen atoms in total. The number of carbonyl (C=O) groups excluding carboxylic acids is 4. The lowest BCUT2D eigenvalue weighted by molar-refractivity contribution is -0.121. The molecule has 17 aromatic rings. The molecule has 1 unspecified atom stereocenters. The molecule has 0 bridgehead atoms. The van der Waals surface area contributed by atoms with Crippen LogP contribution < -0.4 is 16.8 Å². The smallest absolute Gasteiger partial charge is 0.222 e. The molecule has 0 aliphatic carbocycles. The van der Waals surface area contributed by atoms with E-state index < -0.39 is 30.2 Å². The summed E-state index contributed by atoms with van der Waals surface area (Å²) in [5, 5.41) is 26.4. The monoisotopic (exact) mass is 2010 g/mol. The van der Waals surface area contributed by atoms with Gasteiger partial charge in [0, 0.05) is 125 Å². The molecule has 29 heteroatoms. The number of Topliss-reactive ketones (excluding diaryl/α,β-unsaturated/α-hetero) is 3. The number of anilines is 2. The van der Waals surface area contributed by atoms with Gasteiger partial charge in [-0.15, -0.1) is 6.42 Å². The lowest BCUT2D eigenvalue weighted by atomic mass is 9.90. The number of hydrogen-bond acceptors (Lipinski definition) is 23. The minimum absolute atomic E-state index is 0.0122. The summed E-state index contributed by atoms with van der Waals surface area (Å²) in [5.41, 5.74) is 42.9. The van der Waals surface area contributed by atoms with Crippen LogP contribution in [0.1, 0.15) is 208 Å². The van der Waals surface area contributed by atoms with Gasteiger partial charge < -0.3 is 39.4 Å². The van der Waals surface area contributed by atoms with E-state index in [1.807, 2.05) is 230 Å². The van der Waals surface area contributed by atoms with E-state index in [9.17, 15) is 23.6 Å². The van der Waals surface area contributed by atoms with Gasteiger partial charge in [-0.1, -0.05) is 224 Å². The van der Waals surface area contributed by atoms with E-state index in [1.165, 1.54) is 19.1 Å². The van der Waals surface area contributed by atoms with Crippen LogP contribution in [0.25, 0.3) is 77.9 Å². The van der Waals surface area contributed by atoms with Gasteiger partial charge in [-0.05, 0) is 223 Å². The van der Waals surface area contributed by atoms with Crippen molar-refractivity contribution in [3.05, 3.63) is 405 Å². The van der Waals surface area contributed by atoms with Crippen LogP contribution in [0.4, 0.5) is 16.0 Å². The number of aryl methyl sites for hydroxylation is 6. The Morgan fingerprint density at radius 1 is 0.342 bits per heavy atom. The maximum atomic E-state index is 13.7. The zero-order valence-electron chi connectivity index (χ0n) is 81.1. The number of halogens is 5. The Balaban J connectivity index is 0.000000120. The number of hydrogen-bond donors (Lipinski definition) is 3. The highest BCUT2D eigenvalue weighted by Gasteiger charge is 2.38. The van der Waals surface area contributed by atoms with Gasteiger partial charge in [-0.2, -0.15) is 0 Å². The molecule has 5 aliphatic heterocycles. The second kappa shape index (κ2) is 43.4. The number of ketones is 3. The summed E-state index contributed by atoms with van der Waals surface area (Å²) >= 11 is 24.3. The number of rotatable bonds is 17. The van der Waals surface area contributed by atoms with Crippen molar-refractivity contribution >= 4 is 110 Å². The Hall–Kier alpha value is -16.4. The first kappa shape index (κ1) is 99.8. The normalized spacial score (nSPS) is 15.1. The van der Waals surface area contributed by atoms with E-state index in [2.05, 4.69) is 78.2 Å². The molecule has 728 valence electrons. The second-order valence-electron chi connectivity index (χ2n) is 36.0. The molecular weight excluding hydrogens is 1920 g/mol. The molecule has 0 fully saturated rings. The number of amides is 1. The summed E-state index contributed by atoms with van der Waals surface area (Å²) in [6, 6.07) is 76.1. The number of aliphatic imine (C=N–C) groups is 5. The molecule has 0 radical (unpaired) electrons. The van der Waals surface area contributed by atoms with Gasteiger partial charge in [0.2, 0.25) is 5.91 Å². The quantitative estimate of drug-likeness (QED) is 0.0713. The minimum Gasteiger partial charge on any atom is -0.384 e. The zero-order chi connectivity index (χ0) is 102. The fraction of sp³-hybridized carbons (Fsp3) is 0.179. The minimum atomic E-state index is -0.534. The number of aromatic nitrogens is 7. The van der Waals surface area contributed by atoms with Gasteiger partial charge in [0.15, 0.2) is 34.8 Å². The maximum absolute atomic E-state index is 13.7. The van der Waals surface area contributed by atoms with E-state index in [4.69, 9.17) is 112 Å². The molecule has 5 N–H and O–H groups in total. The number of terminal acetylenes is 1. The lowest BCUT2D eigenvalue weighted by Crippen LogP contribution is -2.25. The first-order chi connectivity index (χ1) is 70.5. The van der Waals surface area contributed by atoms with Crippen LogP contribution in [0, 0.1) is 59.7 Å². The van der Waals surface area contributed by atoms with Gasteiger partial charge >= 0.3 is 0 Å². The molecule has 1 amide bonds. The molecule has 5 atom stereocenters. The van der Waals surface area contributed by atoms with Crippen molar-refractivity contribution in [2.24, 2.45) is 25.0 Å². The average molecular weight is 2020 g/mol. The molecule has 10 aromatic carbocycles. The molecule has 7 aromatic heterocycles. The van der Waals surface area contributed by atoms with Crippen molar-refractivity contribution in [2.75, 3.05) is 18.0 Å². The summed E-state index contributed by atoms with van der Waals surface area (Å²) in [5.74, 6) is 6.37. The van der Waals surface area contributed by atoms with Gasteiger partial charge in [0.05, 0.1) is 91.3 Å². The van der Waals surface area contributed by atoms with E-state index in [1.54, 1.807) is 50.5 Å². The second-order valence-corrected chi connectivity index (χ2v) is 37.7. The van der Waals surface area contributed by atoms with Crippen molar-refractivity contribution in [1.29, 1.82) is 0 Å². The lowest BCUT2D eigenvalue weighted by Gasteiger charge is -2.13. The zero-order valence-corrected chi connectivity index (χ0v) is 84.1. The third-order valence-electron chi connectivity index (χ3n) is 25.4. The van der Waals surface area contributed by atoms with Crippen molar-refractivity contribution < 1.29 is 46.2 Å². The summed E-state index contributed by atoms with van der Waals surface area (Å²) in [6.07, 6.45) is 11.0. The van der Waals surface area contributed by atoms with E-state index in [-0.39, 0.29) is 54.8 Å². The number of pyridine rings is 2. The molecular formula is C117H96Cl4FN15O9. The van der Waals surface area contributed by atoms with Crippen molar-refractivity contribution in [3.8, 4) is 90.2 Å². The summed E-state index contributed by atoms with van der Waals surface area (Å²) in [6.45, 7) is 18.9. The van der Waals surface area contributed by atoms with Gasteiger partial charge in [0.25, 0.3) is 0 Å². The molecule has 0 saturated carbocycles. The number of nitrogen functional groups attached to an aromatic ring is 2. The largest absolute Gasteiger partial charge is 0.384 e. The fourth-order valence-electron chi connectivity index (χ4n) is 18.6. The Kier molecular flexibility index (Phi) is 29.7. The van der Waals surface area contributed by atoms with Gasteiger partial charge in [-0.25, -0.2) is 14.4 Å². The van der Waals surface area contributed by atoms with Gasteiger partial charge in [-0.3, -0.25) is 44.1 Å². The Labute approximate surface area is 861 Å². The maximum Gasteiger partial charge on any atom is 0.222 e. The number of benzene rings is 10. The predicted octanol–water partition coefficient (Wildman–Crippen LogP) is 26.5. The number of carbonyl (C=O) groups is 4. The van der Waals surface area contributed by atoms with E-state index in [0.29, 0.717) is 72.8 Å². The molecule has 0 saturated heterocycles. The standard InChI is InChI=1S/C26H21ClN4O2.C26H21FN4O2.C23H22ClN3O2.C22H19ClN2O2.C20H13ClN2O/c2*1-14(32)11-22-26-24(15(2)31-33-26)20-9-5-17(18-6-10-23(28)29-13-18)12-21(20)25(30-22)16-3-7-19(27)8-4-16;1-3-12-25-20(28)13-19-23-21(14(2)27-29-23)17-6-4-5-7-18(17)22(26-19)15-8-10-16(24)11-9-15;1-12-4-9-17-18(10-12)21(15-5-7-16(23)8-6-15)24-19(11-13(2)26)22-20(17)14(3)25-27-22;1-3-17-20-18(12(2)23-24-20)15-6-4-5-7-16(15)19(22-17)13-8-10-14(21)11-9-13/h2*3-10,12-13,22H,11H2,1-2H3,(H2,28,29);4-11,19H,3,12-13H2,1-2H3,(H,25,28);4-10,19H,11H2,1-3H3;1,4-11,17H,2H3/t2*22-;2*19-;/m0000./s1. The molecule has 146 heavy (non-hydrogen) atoms. The summed E-state index contributed by atoms with van der Waals surface area (Å²) in [4.78, 5) is 81.8. The van der Waals surface area contributed by atoms with E-state index >= 15 is 0 Å². The van der Waals surface area contributed by atoms with Crippen LogP contribution in [0.15, 0.2) is 309 Å². The highest BCUT2D eigenvalue weighted by molar-refractivity contribution is 6.32. The summed E-state index contributed by atoms with van der Waals surface area (Å²) in [7, 11) is 0. The first-order valence-electron chi connectivity index (χ1n) is 47.3. The molecule has 22 rings (SSSR count). The Morgan fingerprint density at radius 2 is 0.623 bits per heavy atom. The first-order valence-corrected chi connectivity index (χ1v) is 48.8. The van der Waals surface area contributed by atoms with Crippen molar-refractivity contribution in [2.45, 2.75) is 132 Å². The average Bonchev–Trinajstić information content (AvgIpc) is 1.57. The summed E-state index contributed by atoms with van der Waals surface area (Å²) < 4.78 is 41.9. The van der Waals surface area contributed by atoms with Crippen molar-refractivity contribution in [3.63, 3.8) is 0 Å². The third-order valence-corrected chi connectivity index (χ3v) is 26.4. The van der Waals surface area contributed by atoms with Crippen LogP contribution in [-0.2, 0) is 19.2 Å². The Bertz CT molecular complexity index is 7880.